The summed E-state index contributed by atoms with van der Waals surface area (Å²) in [6.45, 7) is 4.56. The summed E-state index contributed by atoms with van der Waals surface area (Å²) in [4.78, 5) is 28.5. The maximum Gasteiger partial charge on any atom is 0.692 e. The lowest BCUT2D eigenvalue weighted by Crippen LogP contribution is -1.80. The second-order valence-corrected chi connectivity index (χ2v) is 5.34. The van der Waals surface area contributed by atoms with Crippen molar-refractivity contribution in [1.29, 1.82) is 0 Å². The van der Waals surface area contributed by atoms with E-state index in [1.165, 1.54) is 64.2 Å². The van der Waals surface area contributed by atoms with Crippen LogP contribution in [0, 0.1) is 0 Å². The highest BCUT2D eigenvalue weighted by Crippen LogP contribution is 2.09. The molecular formula is C12H30O6P2+2. The molecule has 0 saturated heterocycles. The van der Waals surface area contributed by atoms with E-state index in [0.717, 1.165) is 0 Å². The number of unbranched alkanes of at least 4 members (excludes halogenated alkanes) is 9. The van der Waals surface area contributed by atoms with Crippen molar-refractivity contribution in [2.45, 2.75) is 78.1 Å². The first kappa shape index (κ1) is 25.0. The number of hydrogen-bond acceptors (Lipinski definition) is 2. The van der Waals surface area contributed by atoms with E-state index in [1.54, 1.807) is 0 Å². The molecule has 0 unspecified atom stereocenters. The van der Waals surface area contributed by atoms with Crippen LogP contribution in [0.1, 0.15) is 78.1 Å². The molecule has 122 valence electrons. The first-order valence-corrected chi connectivity index (χ1v) is 9.41. The number of rotatable bonds is 9. The summed E-state index contributed by atoms with van der Waals surface area (Å²) in [7, 11) is -5.74. The van der Waals surface area contributed by atoms with E-state index in [9.17, 15) is 0 Å². The number of hydrogen-bond donors (Lipinski definition) is 4. The molecular weight excluding hydrogens is 302 g/mol. The van der Waals surface area contributed by atoms with Gasteiger partial charge in [-0.1, -0.05) is 78.1 Å². The Hall–Kier alpha value is 0.0400. The first-order valence-electron chi connectivity index (χ1n) is 7.08. The van der Waals surface area contributed by atoms with Crippen molar-refractivity contribution in [1.82, 2.24) is 0 Å². The van der Waals surface area contributed by atoms with Gasteiger partial charge in [0, 0.05) is 9.13 Å². The molecule has 0 aromatic carbocycles. The lowest BCUT2D eigenvalue weighted by molar-refractivity contribution is 0.403. The zero-order valence-corrected chi connectivity index (χ0v) is 14.4. The Bertz CT molecular complexity index is 184. The van der Waals surface area contributed by atoms with Crippen LogP contribution < -0.4 is 0 Å². The largest absolute Gasteiger partial charge is 0.692 e. The van der Waals surface area contributed by atoms with E-state index in [-0.39, 0.29) is 0 Å². The standard InChI is InChI=1S/C12H26.2HO3P/c1-3-5-7-9-11-12-10-8-6-4-2;2*1-4(2)3/h3-12H2,1-2H3;2*(H-,1,2,3)/p+2. The highest BCUT2D eigenvalue weighted by atomic mass is 31.1. The maximum absolute atomic E-state index is 8.70. The molecule has 0 amide bonds. The van der Waals surface area contributed by atoms with Gasteiger partial charge in [-0.25, -0.2) is 0 Å². The summed E-state index contributed by atoms with van der Waals surface area (Å²) >= 11 is 0. The van der Waals surface area contributed by atoms with Crippen LogP contribution in [0.15, 0.2) is 0 Å². The van der Waals surface area contributed by atoms with E-state index in [1.807, 2.05) is 0 Å². The highest BCUT2D eigenvalue weighted by Gasteiger charge is 1.93. The van der Waals surface area contributed by atoms with Crippen LogP contribution in [0.2, 0.25) is 0 Å². The van der Waals surface area contributed by atoms with Crippen molar-refractivity contribution in [2.75, 3.05) is 0 Å². The van der Waals surface area contributed by atoms with Crippen molar-refractivity contribution in [3.05, 3.63) is 0 Å². The van der Waals surface area contributed by atoms with Crippen LogP contribution in [0.25, 0.3) is 0 Å². The van der Waals surface area contributed by atoms with Gasteiger partial charge in [0.1, 0.15) is 0 Å². The zero-order chi connectivity index (χ0) is 16.2. The molecule has 0 atom stereocenters. The van der Waals surface area contributed by atoms with Gasteiger partial charge < -0.3 is 0 Å². The van der Waals surface area contributed by atoms with E-state index in [2.05, 4.69) is 13.8 Å². The summed E-state index contributed by atoms with van der Waals surface area (Å²) < 4.78 is 17.4. The second-order valence-electron chi connectivity index (χ2n) is 4.33. The molecule has 0 aliphatic heterocycles. The molecule has 0 saturated carbocycles. The maximum atomic E-state index is 8.70. The van der Waals surface area contributed by atoms with Gasteiger partial charge in [0.15, 0.2) is 0 Å². The zero-order valence-electron chi connectivity index (χ0n) is 12.6. The second kappa shape index (κ2) is 24.1. The molecule has 8 heteroatoms. The normalized spacial score (nSPS) is 8.90. The van der Waals surface area contributed by atoms with E-state index < -0.39 is 16.5 Å². The third-order valence-electron chi connectivity index (χ3n) is 2.46. The van der Waals surface area contributed by atoms with Gasteiger partial charge in [0.2, 0.25) is 0 Å². The Morgan fingerprint density at radius 1 is 0.550 bits per heavy atom. The fourth-order valence-electron chi connectivity index (χ4n) is 1.56. The van der Waals surface area contributed by atoms with Crippen LogP contribution >= 0.6 is 16.5 Å². The van der Waals surface area contributed by atoms with E-state index >= 15 is 0 Å². The Kier molecular flexibility index (Phi) is 30.1. The Morgan fingerprint density at radius 2 is 0.700 bits per heavy atom. The molecule has 0 spiro atoms. The lowest BCUT2D eigenvalue weighted by Gasteiger charge is -1.99. The van der Waals surface area contributed by atoms with Crippen LogP contribution in [0.5, 0.6) is 0 Å². The van der Waals surface area contributed by atoms with Crippen molar-refractivity contribution in [3.8, 4) is 0 Å². The lowest BCUT2D eigenvalue weighted by atomic mass is 10.1. The molecule has 6 nitrogen and oxygen atoms in total. The molecule has 0 aliphatic carbocycles. The van der Waals surface area contributed by atoms with Crippen molar-refractivity contribution in [3.63, 3.8) is 0 Å². The molecule has 0 aromatic rings. The fourth-order valence-corrected chi connectivity index (χ4v) is 1.56. The van der Waals surface area contributed by atoms with E-state index in [0.29, 0.717) is 0 Å². The SMILES string of the molecule is CCCCCCCCCCCC.O=[P+](O)O.O=[P+](O)O. The van der Waals surface area contributed by atoms with Crippen LogP contribution in [0.3, 0.4) is 0 Å². The van der Waals surface area contributed by atoms with Gasteiger partial charge in [0.25, 0.3) is 0 Å². The Balaban J connectivity index is -0.000000297. The van der Waals surface area contributed by atoms with Crippen molar-refractivity contribution in [2.24, 2.45) is 0 Å². The fraction of sp³-hybridized carbons (Fsp3) is 1.00. The van der Waals surface area contributed by atoms with Crippen LogP contribution in [0.4, 0.5) is 0 Å². The Morgan fingerprint density at radius 3 is 0.850 bits per heavy atom. The van der Waals surface area contributed by atoms with Crippen molar-refractivity contribution >= 4 is 16.5 Å². The molecule has 0 fully saturated rings. The monoisotopic (exact) mass is 332 g/mol. The molecule has 0 bridgehead atoms. The summed E-state index contributed by atoms with van der Waals surface area (Å²) in [5, 5.41) is 0. The van der Waals surface area contributed by atoms with Gasteiger partial charge in [-0.2, -0.15) is 0 Å². The summed E-state index contributed by atoms with van der Waals surface area (Å²) in [5.41, 5.74) is 0. The smallest absolute Gasteiger partial charge is 0.134 e. The molecule has 20 heavy (non-hydrogen) atoms. The third-order valence-corrected chi connectivity index (χ3v) is 2.46. The van der Waals surface area contributed by atoms with E-state index in [4.69, 9.17) is 28.7 Å². The van der Waals surface area contributed by atoms with Crippen LogP contribution in [-0.2, 0) is 9.13 Å². The average Bonchev–Trinajstić information content (AvgIpc) is 2.31. The van der Waals surface area contributed by atoms with Gasteiger partial charge in [-0.3, -0.25) is 0 Å². The first-order chi connectivity index (χ1) is 9.38. The molecule has 0 aromatic heterocycles. The summed E-state index contributed by atoms with van der Waals surface area (Å²) in [6, 6.07) is 0. The average molecular weight is 332 g/mol. The summed E-state index contributed by atoms with van der Waals surface area (Å²) in [6.07, 6.45) is 14.4. The predicted molar refractivity (Wildman–Crippen MR) is 81.6 cm³/mol. The minimum absolute atomic E-state index is 1.37. The predicted octanol–water partition coefficient (Wildman–Crippen LogP) is 4.18. The van der Waals surface area contributed by atoms with Gasteiger partial charge in [0.05, 0.1) is 0 Å². The van der Waals surface area contributed by atoms with Crippen molar-refractivity contribution < 1.29 is 28.7 Å². The molecule has 0 radical (unpaired) electrons. The highest BCUT2D eigenvalue weighted by molar-refractivity contribution is 7.31. The quantitative estimate of drug-likeness (QED) is 0.372. The molecule has 0 aliphatic rings. The molecule has 4 N–H and O–H groups in total. The minimum atomic E-state index is -2.87. The Labute approximate surface area is 124 Å². The molecule has 0 rings (SSSR count). The van der Waals surface area contributed by atoms with Gasteiger partial charge >= 0.3 is 16.5 Å². The van der Waals surface area contributed by atoms with Crippen LogP contribution in [-0.4, -0.2) is 19.6 Å². The minimum Gasteiger partial charge on any atom is -0.134 e. The molecule has 0 heterocycles. The van der Waals surface area contributed by atoms with Gasteiger partial charge in [-0.05, 0) is 0 Å². The third kappa shape index (κ3) is 64.1. The topological polar surface area (TPSA) is 115 Å². The van der Waals surface area contributed by atoms with Gasteiger partial charge in [-0.15, -0.1) is 19.6 Å². The summed E-state index contributed by atoms with van der Waals surface area (Å²) in [5.74, 6) is 0.